The van der Waals surface area contributed by atoms with Gasteiger partial charge in [0.1, 0.15) is 5.75 Å². The van der Waals surface area contributed by atoms with Crippen molar-refractivity contribution in [3.63, 3.8) is 0 Å². The van der Waals surface area contributed by atoms with Crippen LogP contribution in [0.15, 0.2) is 48.8 Å². The van der Waals surface area contributed by atoms with Gasteiger partial charge in [0.15, 0.2) is 5.78 Å². The highest BCUT2D eigenvalue weighted by molar-refractivity contribution is 6.08. The van der Waals surface area contributed by atoms with Gasteiger partial charge in [-0.05, 0) is 42.8 Å². The Morgan fingerprint density at radius 1 is 1.16 bits per heavy atom. The average Bonchev–Trinajstić information content (AvgIpc) is 2.48. The van der Waals surface area contributed by atoms with Crippen molar-refractivity contribution in [2.24, 2.45) is 0 Å². The van der Waals surface area contributed by atoms with Crippen molar-refractivity contribution in [3.05, 3.63) is 59.9 Å². The van der Waals surface area contributed by atoms with E-state index in [-0.39, 0.29) is 5.78 Å². The van der Waals surface area contributed by atoms with Crippen molar-refractivity contribution in [2.75, 3.05) is 6.61 Å². The van der Waals surface area contributed by atoms with E-state index in [9.17, 15) is 4.79 Å². The summed E-state index contributed by atoms with van der Waals surface area (Å²) in [5.41, 5.74) is 1.25. The molecule has 0 aliphatic rings. The number of ether oxygens (including phenoxy) is 1. The largest absolute Gasteiger partial charge is 0.494 e. The van der Waals surface area contributed by atoms with Gasteiger partial charge in [-0.1, -0.05) is 13.3 Å². The van der Waals surface area contributed by atoms with Crippen molar-refractivity contribution in [3.8, 4) is 5.75 Å². The van der Waals surface area contributed by atoms with Crippen LogP contribution in [0.3, 0.4) is 0 Å². The first-order valence-electron chi connectivity index (χ1n) is 6.49. The molecule has 98 valence electrons. The zero-order valence-electron chi connectivity index (χ0n) is 11.0. The Labute approximate surface area is 113 Å². The fraction of sp³-hybridized carbons (Fsp3) is 0.250. The number of carbonyl (C=O) groups is 1. The zero-order chi connectivity index (χ0) is 13.5. The summed E-state index contributed by atoms with van der Waals surface area (Å²) in [6, 6.07) is 10.8. The molecule has 0 aliphatic heterocycles. The Bertz CT molecular complexity index is 520. The molecule has 0 unspecified atom stereocenters. The second kappa shape index (κ2) is 6.69. The normalized spacial score (nSPS) is 10.2. The standard InChI is InChI=1S/C16H17NO2/c1-2-3-11-19-15-8-6-13(7-9-15)16(18)14-5-4-10-17-12-14/h4-10,12H,2-3,11H2,1H3. The van der Waals surface area contributed by atoms with Crippen LogP contribution in [0.2, 0.25) is 0 Å². The number of hydrogen-bond donors (Lipinski definition) is 0. The maximum Gasteiger partial charge on any atom is 0.194 e. The van der Waals surface area contributed by atoms with E-state index in [1.807, 2.05) is 12.1 Å². The van der Waals surface area contributed by atoms with Crippen LogP contribution < -0.4 is 4.74 Å². The van der Waals surface area contributed by atoms with Gasteiger partial charge in [0.05, 0.1) is 6.61 Å². The molecule has 0 aliphatic carbocycles. The molecule has 19 heavy (non-hydrogen) atoms. The predicted molar refractivity (Wildman–Crippen MR) is 74.5 cm³/mol. The molecule has 2 aromatic rings. The Morgan fingerprint density at radius 3 is 2.58 bits per heavy atom. The third-order valence-electron chi connectivity index (χ3n) is 2.81. The Hall–Kier alpha value is -2.16. The zero-order valence-corrected chi connectivity index (χ0v) is 11.0. The van der Waals surface area contributed by atoms with E-state index < -0.39 is 0 Å². The third-order valence-corrected chi connectivity index (χ3v) is 2.81. The van der Waals surface area contributed by atoms with Crippen molar-refractivity contribution in [1.82, 2.24) is 4.98 Å². The summed E-state index contributed by atoms with van der Waals surface area (Å²) in [4.78, 5) is 16.1. The number of pyridine rings is 1. The molecule has 3 heteroatoms. The summed E-state index contributed by atoms with van der Waals surface area (Å²) in [5, 5.41) is 0. The van der Waals surface area contributed by atoms with Crippen LogP contribution in [0, 0.1) is 0 Å². The van der Waals surface area contributed by atoms with Crippen LogP contribution in [0.5, 0.6) is 5.75 Å². The average molecular weight is 255 g/mol. The number of ketones is 1. The Morgan fingerprint density at radius 2 is 1.95 bits per heavy atom. The fourth-order valence-corrected chi connectivity index (χ4v) is 1.70. The van der Waals surface area contributed by atoms with Crippen LogP contribution in [-0.2, 0) is 0 Å². The molecule has 2 rings (SSSR count). The summed E-state index contributed by atoms with van der Waals surface area (Å²) in [7, 11) is 0. The lowest BCUT2D eigenvalue weighted by atomic mass is 10.1. The Kier molecular flexibility index (Phi) is 4.67. The molecular weight excluding hydrogens is 238 g/mol. The minimum Gasteiger partial charge on any atom is -0.494 e. The molecule has 0 radical (unpaired) electrons. The second-order valence-electron chi connectivity index (χ2n) is 4.30. The molecule has 3 nitrogen and oxygen atoms in total. The molecular formula is C16H17NO2. The Balaban J connectivity index is 2.04. The van der Waals surface area contributed by atoms with Crippen LogP contribution in [0.1, 0.15) is 35.7 Å². The van der Waals surface area contributed by atoms with Gasteiger partial charge in [-0.25, -0.2) is 0 Å². The molecule has 0 amide bonds. The highest BCUT2D eigenvalue weighted by Gasteiger charge is 2.08. The number of rotatable bonds is 6. The number of benzene rings is 1. The molecule has 0 bridgehead atoms. The molecule has 1 aromatic carbocycles. The van der Waals surface area contributed by atoms with E-state index in [0.717, 1.165) is 18.6 Å². The number of aromatic nitrogens is 1. The van der Waals surface area contributed by atoms with E-state index in [2.05, 4.69) is 11.9 Å². The quantitative estimate of drug-likeness (QED) is 0.586. The molecule has 1 aromatic heterocycles. The monoisotopic (exact) mass is 255 g/mol. The first-order valence-corrected chi connectivity index (χ1v) is 6.49. The summed E-state index contributed by atoms with van der Waals surface area (Å²) >= 11 is 0. The number of hydrogen-bond acceptors (Lipinski definition) is 3. The van der Waals surface area contributed by atoms with Crippen molar-refractivity contribution in [1.29, 1.82) is 0 Å². The van der Waals surface area contributed by atoms with Crippen LogP contribution in [0.25, 0.3) is 0 Å². The first kappa shape index (κ1) is 13.3. The van der Waals surface area contributed by atoms with Crippen molar-refractivity contribution >= 4 is 5.78 Å². The van der Waals surface area contributed by atoms with Crippen LogP contribution >= 0.6 is 0 Å². The minimum atomic E-state index is -0.0202. The summed E-state index contributed by atoms with van der Waals surface area (Å²) < 4.78 is 5.56. The topological polar surface area (TPSA) is 39.2 Å². The highest BCUT2D eigenvalue weighted by atomic mass is 16.5. The molecule has 0 atom stereocenters. The van der Waals surface area contributed by atoms with Gasteiger partial charge < -0.3 is 4.74 Å². The van der Waals surface area contributed by atoms with Gasteiger partial charge in [0.25, 0.3) is 0 Å². The van der Waals surface area contributed by atoms with E-state index in [1.54, 1.807) is 36.7 Å². The lowest BCUT2D eigenvalue weighted by Crippen LogP contribution is -2.02. The highest BCUT2D eigenvalue weighted by Crippen LogP contribution is 2.15. The van der Waals surface area contributed by atoms with Crippen molar-refractivity contribution in [2.45, 2.75) is 19.8 Å². The van der Waals surface area contributed by atoms with E-state index in [1.165, 1.54) is 0 Å². The van der Waals surface area contributed by atoms with E-state index in [0.29, 0.717) is 17.7 Å². The second-order valence-corrected chi connectivity index (χ2v) is 4.30. The summed E-state index contributed by atoms with van der Waals surface area (Å²) in [6.45, 7) is 2.84. The van der Waals surface area contributed by atoms with Gasteiger partial charge in [0.2, 0.25) is 0 Å². The molecule has 0 spiro atoms. The lowest BCUT2D eigenvalue weighted by molar-refractivity contribution is 0.103. The summed E-state index contributed by atoms with van der Waals surface area (Å²) in [6.07, 6.45) is 5.38. The fourth-order valence-electron chi connectivity index (χ4n) is 1.70. The maximum absolute atomic E-state index is 12.1. The van der Waals surface area contributed by atoms with Gasteiger partial charge in [-0.3, -0.25) is 9.78 Å². The SMILES string of the molecule is CCCCOc1ccc(C(=O)c2cccnc2)cc1. The van der Waals surface area contributed by atoms with Gasteiger partial charge in [-0.15, -0.1) is 0 Å². The number of carbonyl (C=O) groups excluding carboxylic acids is 1. The number of unbranched alkanes of at least 4 members (excludes halogenated alkanes) is 1. The van der Waals surface area contributed by atoms with Crippen LogP contribution in [0.4, 0.5) is 0 Å². The third kappa shape index (κ3) is 3.65. The lowest BCUT2D eigenvalue weighted by Gasteiger charge is -2.06. The van der Waals surface area contributed by atoms with Gasteiger partial charge in [0, 0.05) is 23.5 Å². The number of nitrogens with zero attached hydrogens (tertiary/aromatic N) is 1. The van der Waals surface area contributed by atoms with E-state index >= 15 is 0 Å². The molecule has 0 saturated heterocycles. The minimum absolute atomic E-state index is 0.0202. The molecule has 0 fully saturated rings. The predicted octanol–water partition coefficient (Wildman–Crippen LogP) is 3.49. The van der Waals surface area contributed by atoms with Crippen LogP contribution in [-0.4, -0.2) is 17.4 Å². The smallest absolute Gasteiger partial charge is 0.194 e. The maximum atomic E-state index is 12.1. The van der Waals surface area contributed by atoms with Gasteiger partial charge in [-0.2, -0.15) is 0 Å². The van der Waals surface area contributed by atoms with Gasteiger partial charge >= 0.3 is 0 Å². The molecule has 0 N–H and O–H groups in total. The molecule has 0 saturated carbocycles. The first-order chi connectivity index (χ1) is 9.31. The summed E-state index contributed by atoms with van der Waals surface area (Å²) in [5.74, 6) is 0.782. The molecule has 1 heterocycles. The van der Waals surface area contributed by atoms with Crippen molar-refractivity contribution < 1.29 is 9.53 Å². The van der Waals surface area contributed by atoms with E-state index in [4.69, 9.17) is 4.74 Å².